The molecule has 1 heterocycles. The minimum Gasteiger partial charge on any atom is -0.463 e. The van der Waals surface area contributed by atoms with E-state index < -0.39 is 3.42 Å². The number of carbonyl (C=O) groups is 1. The molecule has 1 rings (SSSR count). The molecule has 0 aromatic heterocycles. The Bertz CT molecular complexity index is 233. The average molecular weight is 340 g/mol. The van der Waals surface area contributed by atoms with Gasteiger partial charge in [-0.1, -0.05) is 22.6 Å². The van der Waals surface area contributed by atoms with Crippen LogP contribution in [-0.4, -0.2) is 65.6 Å². The van der Waals surface area contributed by atoms with E-state index in [0.29, 0.717) is 6.61 Å². The molecule has 1 aliphatic heterocycles. The number of halogens is 1. The minimum atomic E-state index is -0.417. The van der Waals surface area contributed by atoms with E-state index in [9.17, 15) is 4.79 Å². The average Bonchev–Trinajstić information content (AvgIpc) is 2.19. The van der Waals surface area contributed by atoms with Crippen molar-refractivity contribution in [3.05, 3.63) is 0 Å². The number of nitrogens with zero attached hydrogens (tertiary/aromatic N) is 2. The number of hydrogen-bond donors (Lipinski definition) is 0. The quantitative estimate of drug-likeness (QED) is 0.434. The van der Waals surface area contributed by atoms with Crippen LogP contribution in [0.3, 0.4) is 0 Å². The smallest absolute Gasteiger partial charge is 0.321 e. The molecular formula is C11H21IN2O2. The number of carbonyl (C=O) groups excluding carboxylic acids is 1. The molecule has 0 atom stereocenters. The topological polar surface area (TPSA) is 32.8 Å². The molecule has 0 unspecified atom stereocenters. The highest BCUT2D eigenvalue weighted by molar-refractivity contribution is 14.1. The van der Waals surface area contributed by atoms with Gasteiger partial charge in [-0.25, -0.2) is 0 Å². The summed E-state index contributed by atoms with van der Waals surface area (Å²) < 4.78 is 4.82. The third-order valence-corrected chi connectivity index (χ3v) is 3.16. The number of piperazine rings is 1. The molecule has 0 aromatic carbocycles. The summed E-state index contributed by atoms with van der Waals surface area (Å²) in [4.78, 5) is 16.2. The van der Waals surface area contributed by atoms with E-state index in [2.05, 4.69) is 39.4 Å². The van der Waals surface area contributed by atoms with Crippen molar-refractivity contribution >= 4 is 28.6 Å². The zero-order valence-electron chi connectivity index (χ0n) is 10.3. The van der Waals surface area contributed by atoms with E-state index in [1.54, 1.807) is 0 Å². The Labute approximate surface area is 111 Å². The third-order valence-electron chi connectivity index (χ3n) is 2.72. The number of ether oxygens (including phenoxy) is 1. The summed E-state index contributed by atoms with van der Waals surface area (Å²) in [5.41, 5.74) is 0. The molecule has 16 heavy (non-hydrogen) atoms. The SMILES string of the molecule is CN1CCN(CCOC(=O)C(C)(C)I)CC1. The van der Waals surface area contributed by atoms with Crippen LogP contribution in [0, 0.1) is 0 Å². The Kier molecular flexibility index (Phi) is 5.46. The van der Waals surface area contributed by atoms with Crippen LogP contribution in [0.15, 0.2) is 0 Å². The predicted molar refractivity (Wildman–Crippen MR) is 73.0 cm³/mol. The Hall–Kier alpha value is 0.120. The van der Waals surface area contributed by atoms with Gasteiger partial charge in [-0.2, -0.15) is 0 Å². The fourth-order valence-electron chi connectivity index (χ4n) is 1.51. The zero-order valence-corrected chi connectivity index (χ0v) is 12.5. The molecule has 0 aromatic rings. The lowest BCUT2D eigenvalue weighted by atomic mass is 10.2. The van der Waals surface area contributed by atoms with Gasteiger partial charge in [0.15, 0.2) is 0 Å². The summed E-state index contributed by atoms with van der Waals surface area (Å²) in [7, 11) is 2.13. The van der Waals surface area contributed by atoms with Crippen molar-refractivity contribution in [1.29, 1.82) is 0 Å². The number of hydrogen-bond acceptors (Lipinski definition) is 4. The molecule has 1 fully saturated rings. The van der Waals surface area contributed by atoms with Gasteiger partial charge in [0, 0.05) is 32.7 Å². The molecule has 0 aliphatic carbocycles. The summed E-state index contributed by atoms with van der Waals surface area (Å²) in [5.74, 6) is -0.123. The molecule has 0 spiro atoms. The molecule has 5 heteroatoms. The van der Waals surface area contributed by atoms with Crippen LogP contribution in [0.4, 0.5) is 0 Å². The molecule has 0 N–H and O–H groups in total. The normalized spacial score (nSPS) is 19.8. The predicted octanol–water partition coefficient (Wildman–Crippen LogP) is 0.991. The van der Waals surface area contributed by atoms with E-state index in [0.717, 1.165) is 32.7 Å². The molecule has 94 valence electrons. The maximum atomic E-state index is 11.5. The summed E-state index contributed by atoms with van der Waals surface area (Å²) in [6, 6.07) is 0. The summed E-state index contributed by atoms with van der Waals surface area (Å²) in [5, 5.41) is 0. The van der Waals surface area contributed by atoms with Crippen molar-refractivity contribution in [2.75, 3.05) is 46.4 Å². The highest BCUT2D eigenvalue weighted by Gasteiger charge is 2.25. The van der Waals surface area contributed by atoms with E-state index in [1.807, 2.05) is 13.8 Å². The van der Waals surface area contributed by atoms with Gasteiger partial charge in [0.1, 0.15) is 10.0 Å². The summed E-state index contributed by atoms with van der Waals surface area (Å²) >= 11 is 2.10. The lowest BCUT2D eigenvalue weighted by molar-refractivity contribution is -0.145. The van der Waals surface area contributed by atoms with Crippen LogP contribution in [0.1, 0.15) is 13.8 Å². The van der Waals surface area contributed by atoms with Gasteiger partial charge in [-0.3, -0.25) is 9.69 Å². The van der Waals surface area contributed by atoms with Crippen LogP contribution < -0.4 is 0 Å². The van der Waals surface area contributed by atoms with Gasteiger partial charge in [-0.05, 0) is 20.9 Å². The Morgan fingerprint density at radius 2 is 1.88 bits per heavy atom. The van der Waals surface area contributed by atoms with Crippen molar-refractivity contribution in [2.45, 2.75) is 17.3 Å². The lowest BCUT2D eigenvalue weighted by Crippen LogP contribution is -2.45. The van der Waals surface area contributed by atoms with Gasteiger partial charge >= 0.3 is 5.97 Å². The Balaban J connectivity index is 2.14. The molecule has 0 radical (unpaired) electrons. The van der Waals surface area contributed by atoms with Crippen molar-refractivity contribution < 1.29 is 9.53 Å². The van der Waals surface area contributed by atoms with Gasteiger partial charge in [-0.15, -0.1) is 0 Å². The number of likely N-dealkylation sites (N-methyl/N-ethyl adjacent to an activating group) is 1. The molecule has 1 saturated heterocycles. The van der Waals surface area contributed by atoms with Gasteiger partial charge < -0.3 is 9.64 Å². The standard InChI is InChI=1S/C11H21IN2O2/c1-11(2,12)10(15)16-9-8-14-6-4-13(3)5-7-14/h4-9H2,1-3H3. The number of esters is 1. The maximum Gasteiger partial charge on any atom is 0.321 e. The Morgan fingerprint density at radius 3 is 2.38 bits per heavy atom. The van der Waals surface area contributed by atoms with E-state index in [1.165, 1.54) is 0 Å². The van der Waals surface area contributed by atoms with E-state index in [-0.39, 0.29) is 5.97 Å². The van der Waals surface area contributed by atoms with Crippen molar-refractivity contribution in [2.24, 2.45) is 0 Å². The van der Waals surface area contributed by atoms with Crippen LogP contribution in [-0.2, 0) is 9.53 Å². The first-order valence-corrected chi connectivity index (χ1v) is 6.74. The first kappa shape index (κ1) is 14.2. The summed E-state index contributed by atoms with van der Waals surface area (Å²) in [6.07, 6.45) is 0. The first-order chi connectivity index (χ1) is 7.39. The van der Waals surface area contributed by atoms with Crippen LogP contribution in [0.25, 0.3) is 0 Å². The second-order valence-corrected chi connectivity index (χ2v) is 7.45. The molecule has 0 saturated carbocycles. The number of rotatable bonds is 4. The first-order valence-electron chi connectivity index (χ1n) is 5.66. The highest BCUT2D eigenvalue weighted by atomic mass is 127. The van der Waals surface area contributed by atoms with Gasteiger partial charge in [0.05, 0.1) is 0 Å². The second kappa shape index (κ2) is 6.16. The fraction of sp³-hybridized carbons (Fsp3) is 0.909. The van der Waals surface area contributed by atoms with Gasteiger partial charge in [0.25, 0.3) is 0 Å². The monoisotopic (exact) mass is 340 g/mol. The van der Waals surface area contributed by atoms with E-state index >= 15 is 0 Å². The largest absolute Gasteiger partial charge is 0.463 e. The molecule has 4 nitrogen and oxygen atoms in total. The van der Waals surface area contributed by atoms with Crippen LogP contribution in [0.2, 0.25) is 0 Å². The zero-order chi connectivity index (χ0) is 12.2. The highest BCUT2D eigenvalue weighted by Crippen LogP contribution is 2.18. The summed E-state index contributed by atoms with van der Waals surface area (Å²) in [6.45, 7) is 9.44. The Morgan fingerprint density at radius 1 is 1.31 bits per heavy atom. The van der Waals surface area contributed by atoms with Crippen molar-refractivity contribution in [3.8, 4) is 0 Å². The van der Waals surface area contributed by atoms with Crippen LogP contribution >= 0.6 is 22.6 Å². The van der Waals surface area contributed by atoms with Crippen molar-refractivity contribution in [1.82, 2.24) is 9.80 Å². The third kappa shape index (κ3) is 4.97. The second-order valence-electron chi connectivity index (χ2n) is 4.75. The molecule has 1 aliphatic rings. The van der Waals surface area contributed by atoms with Crippen LogP contribution in [0.5, 0.6) is 0 Å². The molecule has 0 amide bonds. The maximum absolute atomic E-state index is 11.5. The fourth-order valence-corrected chi connectivity index (χ4v) is 1.67. The number of alkyl halides is 1. The molecule has 0 bridgehead atoms. The lowest BCUT2D eigenvalue weighted by Gasteiger charge is -2.32. The van der Waals surface area contributed by atoms with Crippen molar-refractivity contribution in [3.63, 3.8) is 0 Å². The van der Waals surface area contributed by atoms with E-state index in [4.69, 9.17) is 4.74 Å². The van der Waals surface area contributed by atoms with Gasteiger partial charge in [0.2, 0.25) is 0 Å². The molecular weight excluding hydrogens is 319 g/mol. The minimum absolute atomic E-state index is 0.123.